The van der Waals surface area contributed by atoms with Gasteiger partial charge >= 0.3 is 5.97 Å². The molecule has 1 aromatic heterocycles. The lowest BCUT2D eigenvalue weighted by Crippen LogP contribution is -2.35. The summed E-state index contributed by atoms with van der Waals surface area (Å²) in [6, 6.07) is 6.26. The van der Waals surface area contributed by atoms with Crippen molar-refractivity contribution in [3.05, 3.63) is 47.8 Å². The smallest absolute Gasteiger partial charge is 0.331 e. The van der Waals surface area contributed by atoms with E-state index in [1.54, 1.807) is 38.4 Å². The number of hydrogen-bond acceptors (Lipinski definition) is 4. The molecule has 0 atom stereocenters. The number of amides is 2. The average molecular weight is 344 g/mol. The monoisotopic (exact) mass is 344 g/mol. The van der Waals surface area contributed by atoms with E-state index < -0.39 is 11.5 Å². The minimum atomic E-state index is -1.23. The van der Waals surface area contributed by atoms with Crippen molar-refractivity contribution < 1.29 is 19.5 Å². The van der Waals surface area contributed by atoms with Gasteiger partial charge in [-0.25, -0.2) is 4.79 Å². The fraction of sp³-hybridized carbons (Fsp3) is 0.294. The van der Waals surface area contributed by atoms with Gasteiger partial charge in [-0.2, -0.15) is 5.10 Å². The zero-order chi connectivity index (χ0) is 18.8. The molecule has 1 aromatic carbocycles. The Morgan fingerprint density at radius 1 is 1.12 bits per heavy atom. The molecule has 2 N–H and O–H groups in total. The Morgan fingerprint density at radius 2 is 1.68 bits per heavy atom. The molecule has 25 heavy (non-hydrogen) atoms. The Bertz CT molecular complexity index is 806. The van der Waals surface area contributed by atoms with Gasteiger partial charge in [-0.1, -0.05) is 0 Å². The third-order valence-electron chi connectivity index (χ3n) is 3.74. The third kappa shape index (κ3) is 3.85. The Morgan fingerprint density at radius 3 is 2.20 bits per heavy atom. The van der Waals surface area contributed by atoms with Gasteiger partial charge < -0.3 is 15.3 Å². The molecule has 0 bridgehead atoms. The van der Waals surface area contributed by atoms with E-state index >= 15 is 0 Å². The van der Waals surface area contributed by atoms with Crippen LogP contribution in [0, 0.1) is 0 Å². The molecule has 2 rings (SSSR count). The van der Waals surface area contributed by atoms with Crippen molar-refractivity contribution in [3.63, 3.8) is 0 Å². The van der Waals surface area contributed by atoms with Crippen LogP contribution in [0.1, 0.15) is 34.6 Å². The van der Waals surface area contributed by atoms with E-state index in [2.05, 4.69) is 10.4 Å². The molecule has 0 fully saturated rings. The minimum Gasteiger partial charge on any atom is -0.479 e. The van der Waals surface area contributed by atoms with Crippen LogP contribution >= 0.6 is 0 Å². The molecule has 132 valence electrons. The predicted octanol–water partition coefficient (Wildman–Crippen LogP) is 1.66. The number of rotatable bonds is 5. The molecule has 0 unspecified atom stereocenters. The fourth-order valence-electron chi connectivity index (χ4n) is 2.02. The first-order valence-electron chi connectivity index (χ1n) is 7.54. The Hall–Kier alpha value is -3.16. The van der Waals surface area contributed by atoms with Crippen molar-refractivity contribution in [2.24, 2.45) is 0 Å². The van der Waals surface area contributed by atoms with Crippen LogP contribution in [0.2, 0.25) is 0 Å². The minimum absolute atomic E-state index is 0.149. The molecule has 2 amide bonds. The van der Waals surface area contributed by atoms with E-state index in [1.165, 1.54) is 35.8 Å². The van der Waals surface area contributed by atoms with Gasteiger partial charge in [0.15, 0.2) is 5.54 Å². The summed E-state index contributed by atoms with van der Waals surface area (Å²) in [4.78, 5) is 36.8. The molecule has 0 radical (unpaired) electrons. The molecule has 0 aliphatic heterocycles. The molecule has 0 aliphatic rings. The second-order valence-electron chi connectivity index (χ2n) is 6.27. The van der Waals surface area contributed by atoms with Crippen molar-refractivity contribution in [1.82, 2.24) is 14.7 Å². The van der Waals surface area contributed by atoms with Crippen LogP contribution in [0.5, 0.6) is 0 Å². The molecule has 8 heteroatoms. The lowest BCUT2D eigenvalue weighted by atomic mass is 10.1. The zero-order valence-electron chi connectivity index (χ0n) is 14.5. The molecule has 8 nitrogen and oxygen atoms in total. The van der Waals surface area contributed by atoms with Crippen molar-refractivity contribution in [2.45, 2.75) is 19.4 Å². The number of nitrogens with zero attached hydrogens (tertiary/aromatic N) is 3. The van der Waals surface area contributed by atoms with Crippen LogP contribution in [-0.4, -0.2) is 51.7 Å². The zero-order valence-corrected chi connectivity index (χ0v) is 14.5. The van der Waals surface area contributed by atoms with Crippen molar-refractivity contribution in [3.8, 4) is 0 Å². The summed E-state index contributed by atoms with van der Waals surface area (Å²) in [6.45, 7) is 3.02. The summed E-state index contributed by atoms with van der Waals surface area (Å²) < 4.78 is 1.27. The van der Waals surface area contributed by atoms with Gasteiger partial charge in [0, 0.05) is 31.4 Å². The van der Waals surface area contributed by atoms with Crippen LogP contribution in [0.25, 0.3) is 0 Å². The van der Waals surface area contributed by atoms with Crippen LogP contribution in [0.15, 0.2) is 36.7 Å². The highest BCUT2D eigenvalue weighted by Gasteiger charge is 2.30. The molecule has 0 aliphatic carbocycles. The van der Waals surface area contributed by atoms with Gasteiger partial charge in [-0.15, -0.1) is 0 Å². The van der Waals surface area contributed by atoms with Crippen LogP contribution in [0.4, 0.5) is 5.69 Å². The maximum Gasteiger partial charge on any atom is 0.331 e. The second-order valence-corrected chi connectivity index (χ2v) is 6.27. The summed E-state index contributed by atoms with van der Waals surface area (Å²) in [5.74, 6) is -1.56. The molecule has 1 heterocycles. The van der Waals surface area contributed by atoms with Gasteiger partial charge in [-0.3, -0.25) is 14.3 Å². The Balaban J connectivity index is 2.11. The maximum absolute atomic E-state index is 12.3. The molecule has 0 spiro atoms. The number of hydrogen-bond donors (Lipinski definition) is 2. The summed E-state index contributed by atoms with van der Waals surface area (Å²) >= 11 is 0. The van der Waals surface area contributed by atoms with E-state index in [9.17, 15) is 19.5 Å². The largest absolute Gasteiger partial charge is 0.479 e. The van der Waals surface area contributed by atoms with Gasteiger partial charge in [0.25, 0.3) is 11.8 Å². The number of carbonyl (C=O) groups is 3. The van der Waals surface area contributed by atoms with Gasteiger partial charge in [0.05, 0.1) is 11.9 Å². The topological polar surface area (TPSA) is 105 Å². The quantitative estimate of drug-likeness (QED) is 0.858. The van der Waals surface area contributed by atoms with E-state index in [0.29, 0.717) is 16.8 Å². The number of aromatic nitrogens is 2. The van der Waals surface area contributed by atoms with Gasteiger partial charge in [0.2, 0.25) is 0 Å². The van der Waals surface area contributed by atoms with E-state index in [1.807, 2.05) is 0 Å². The molecule has 2 aromatic rings. The SMILES string of the molecule is CN(C)C(=O)c1ccc(C(=O)Nc2cnn(C(C)(C)C(=O)O)c2)cc1. The molecular formula is C17H20N4O4. The number of aliphatic carboxylic acids is 1. The highest BCUT2D eigenvalue weighted by atomic mass is 16.4. The van der Waals surface area contributed by atoms with Crippen molar-refractivity contribution >= 4 is 23.5 Å². The highest BCUT2D eigenvalue weighted by Crippen LogP contribution is 2.18. The second kappa shape index (κ2) is 6.76. The fourth-order valence-corrected chi connectivity index (χ4v) is 2.02. The summed E-state index contributed by atoms with van der Waals surface area (Å²) in [7, 11) is 3.30. The van der Waals surface area contributed by atoms with Gasteiger partial charge in [0.1, 0.15) is 0 Å². The van der Waals surface area contributed by atoms with Crippen LogP contribution in [-0.2, 0) is 10.3 Å². The standard InChI is InChI=1S/C17H20N4O4/c1-17(2,16(24)25)21-10-13(9-18-21)19-14(22)11-5-7-12(8-6-11)15(23)20(3)4/h5-10H,1-4H3,(H,19,22)(H,24,25). The Kier molecular flexibility index (Phi) is 4.92. The molecular weight excluding hydrogens is 324 g/mol. The maximum atomic E-state index is 12.3. The van der Waals surface area contributed by atoms with Gasteiger partial charge in [-0.05, 0) is 38.1 Å². The third-order valence-corrected chi connectivity index (χ3v) is 3.74. The number of carbonyl (C=O) groups excluding carboxylic acids is 2. The van der Waals surface area contributed by atoms with Crippen molar-refractivity contribution in [2.75, 3.05) is 19.4 Å². The molecule has 0 saturated carbocycles. The number of nitrogens with one attached hydrogen (secondary N) is 1. The lowest BCUT2D eigenvalue weighted by Gasteiger charge is -2.19. The molecule has 0 saturated heterocycles. The predicted molar refractivity (Wildman–Crippen MR) is 91.6 cm³/mol. The van der Waals surface area contributed by atoms with E-state index in [4.69, 9.17) is 0 Å². The first-order chi connectivity index (χ1) is 11.6. The number of carboxylic acid groups (broad SMARTS) is 1. The van der Waals surface area contributed by atoms with E-state index in [-0.39, 0.29) is 11.8 Å². The first kappa shape index (κ1) is 18.2. The van der Waals surface area contributed by atoms with E-state index in [0.717, 1.165) is 0 Å². The van der Waals surface area contributed by atoms with Crippen LogP contribution < -0.4 is 5.32 Å². The first-order valence-corrected chi connectivity index (χ1v) is 7.54. The summed E-state index contributed by atoms with van der Waals surface area (Å²) in [5.41, 5.74) is 0.0165. The number of benzene rings is 1. The average Bonchev–Trinajstić information content (AvgIpc) is 3.03. The highest BCUT2D eigenvalue weighted by molar-refractivity contribution is 6.05. The summed E-state index contributed by atoms with van der Waals surface area (Å²) in [6.07, 6.45) is 2.84. The summed E-state index contributed by atoms with van der Waals surface area (Å²) in [5, 5.41) is 15.8. The Labute approximate surface area is 145 Å². The van der Waals surface area contributed by atoms with Crippen LogP contribution in [0.3, 0.4) is 0 Å². The number of carboxylic acids is 1. The van der Waals surface area contributed by atoms with Crippen molar-refractivity contribution in [1.29, 1.82) is 0 Å². The number of anilines is 1. The lowest BCUT2D eigenvalue weighted by molar-refractivity contribution is -0.146. The normalized spacial score (nSPS) is 11.0.